The third kappa shape index (κ3) is 3.42. The lowest BCUT2D eigenvalue weighted by molar-refractivity contribution is -0.117. The van der Waals surface area contributed by atoms with Crippen LogP contribution in [0.3, 0.4) is 0 Å². The Bertz CT molecular complexity index is 1090. The maximum atomic E-state index is 12.5. The highest BCUT2D eigenvalue weighted by Crippen LogP contribution is 2.34. The Morgan fingerprint density at radius 3 is 2.62 bits per heavy atom. The predicted octanol–water partition coefficient (Wildman–Crippen LogP) is 3.75. The zero-order valence-corrected chi connectivity index (χ0v) is 15.7. The number of anilines is 2. The molecule has 0 atom stereocenters. The molecule has 2 N–H and O–H groups in total. The van der Waals surface area contributed by atoms with Crippen molar-refractivity contribution in [2.75, 3.05) is 10.0 Å². The second-order valence-electron chi connectivity index (χ2n) is 6.34. The first kappa shape index (κ1) is 17.0. The maximum Gasteiger partial charge on any atom is 0.263 e. The lowest BCUT2D eigenvalue weighted by Gasteiger charge is -2.05. The Kier molecular flexibility index (Phi) is 4.16. The molecule has 1 aromatic heterocycles. The SMILES string of the molecule is Cc1cc(NC(=O)C2CC2)cc2sc(NS(=O)(=O)c3ccccc3)nc12. The average Bonchev–Trinajstić information content (AvgIpc) is 3.37. The molecule has 2 aromatic carbocycles. The molecule has 1 aliphatic rings. The fourth-order valence-corrected chi connectivity index (χ4v) is 4.92. The maximum absolute atomic E-state index is 12.5. The minimum atomic E-state index is -3.68. The van der Waals surface area contributed by atoms with Gasteiger partial charge in [0.15, 0.2) is 5.13 Å². The van der Waals surface area contributed by atoms with Gasteiger partial charge in [-0.15, -0.1) is 0 Å². The highest BCUT2D eigenvalue weighted by Gasteiger charge is 2.29. The summed E-state index contributed by atoms with van der Waals surface area (Å²) in [5, 5.41) is 3.22. The largest absolute Gasteiger partial charge is 0.326 e. The summed E-state index contributed by atoms with van der Waals surface area (Å²) in [6.07, 6.45) is 1.89. The van der Waals surface area contributed by atoms with Gasteiger partial charge < -0.3 is 5.32 Å². The normalized spacial score (nSPS) is 14.3. The molecular formula is C18H17N3O3S2. The smallest absolute Gasteiger partial charge is 0.263 e. The van der Waals surface area contributed by atoms with Crippen LogP contribution < -0.4 is 10.0 Å². The van der Waals surface area contributed by atoms with Crippen molar-refractivity contribution in [1.82, 2.24) is 4.98 Å². The lowest BCUT2D eigenvalue weighted by Crippen LogP contribution is -2.13. The highest BCUT2D eigenvalue weighted by atomic mass is 32.2. The molecule has 134 valence electrons. The molecule has 0 aliphatic heterocycles. The van der Waals surface area contributed by atoms with Crippen molar-refractivity contribution in [3.05, 3.63) is 48.0 Å². The summed E-state index contributed by atoms with van der Waals surface area (Å²) in [5.74, 6) is 0.166. The van der Waals surface area contributed by atoms with E-state index >= 15 is 0 Å². The molecule has 0 unspecified atom stereocenters. The van der Waals surface area contributed by atoms with Gasteiger partial charge in [-0.25, -0.2) is 13.4 Å². The first-order valence-corrected chi connectivity index (χ1v) is 10.5. The van der Waals surface area contributed by atoms with Gasteiger partial charge in [0.1, 0.15) is 0 Å². The van der Waals surface area contributed by atoms with Gasteiger partial charge >= 0.3 is 0 Å². The molecule has 1 heterocycles. The fraction of sp³-hybridized carbons (Fsp3) is 0.222. The summed E-state index contributed by atoms with van der Waals surface area (Å²) in [7, 11) is -3.68. The second kappa shape index (κ2) is 6.37. The van der Waals surface area contributed by atoms with Crippen molar-refractivity contribution in [3.8, 4) is 0 Å². The Morgan fingerprint density at radius 2 is 1.92 bits per heavy atom. The molecule has 0 saturated heterocycles. The van der Waals surface area contributed by atoms with Crippen LogP contribution in [0.25, 0.3) is 10.2 Å². The van der Waals surface area contributed by atoms with Crippen molar-refractivity contribution in [3.63, 3.8) is 0 Å². The van der Waals surface area contributed by atoms with Crippen LogP contribution >= 0.6 is 11.3 Å². The van der Waals surface area contributed by atoms with E-state index in [0.717, 1.165) is 28.6 Å². The number of aryl methyl sites for hydroxylation is 1. The molecule has 1 fully saturated rings. The summed E-state index contributed by atoms with van der Waals surface area (Å²) >= 11 is 1.25. The van der Waals surface area contributed by atoms with Crippen molar-refractivity contribution in [2.24, 2.45) is 5.92 Å². The van der Waals surface area contributed by atoms with E-state index in [1.54, 1.807) is 18.2 Å². The van der Waals surface area contributed by atoms with E-state index in [-0.39, 0.29) is 16.7 Å². The third-order valence-electron chi connectivity index (χ3n) is 4.18. The number of nitrogens with one attached hydrogen (secondary N) is 2. The van der Waals surface area contributed by atoms with Crippen molar-refractivity contribution >= 4 is 48.3 Å². The van der Waals surface area contributed by atoms with Crippen molar-refractivity contribution in [1.29, 1.82) is 0 Å². The predicted molar refractivity (Wildman–Crippen MR) is 103 cm³/mol. The number of sulfonamides is 1. The van der Waals surface area contributed by atoms with Crippen LogP contribution in [0, 0.1) is 12.8 Å². The molecule has 8 heteroatoms. The van der Waals surface area contributed by atoms with Crippen LogP contribution in [-0.4, -0.2) is 19.3 Å². The highest BCUT2D eigenvalue weighted by molar-refractivity contribution is 7.93. The molecular weight excluding hydrogens is 370 g/mol. The van der Waals surface area contributed by atoms with E-state index in [9.17, 15) is 13.2 Å². The fourth-order valence-electron chi connectivity index (χ4n) is 2.68. The molecule has 0 bridgehead atoms. The number of benzene rings is 2. The first-order chi connectivity index (χ1) is 12.4. The second-order valence-corrected chi connectivity index (χ2v) is 9.05. The van der Waals surface area contributed by atoms with Gasteiger partial charge in [0, 0.05) is 11.6 Å². The van der Waals surface area contributed by atoms with E-state index in [0.29, 0.717) is 10.8 Å². The van der Waals surface area contributed by atoms with E-state index < -0.39 is 10.0 Å². The minimum Gasteiger partial charge on any atom is -0.326 e. The standard InChI is InChI=1S/C18H17N3O3S2/c1-11-9-13(19-17(22)12-7-8-12)10-15-16(11)20-18(25-15)21-26(23,24)14-5-3-2-4-6-14/h2-6,9-10,12H,7-8H2,1H3,(H,19,22)(H,20,21). The van der Waals surface area contributed by atoms with Crippen LogP contribution in [0.2, 0.25) is 0 Å². The molecule has 6 nitrogen and oxygen atoms in total. The van der Waals surface area contributed by atoms with Gasteiger partial charge in [-0.2, -0.15) is 0 Å². The van der Waals surface area contributed by atoms with Crippen molar-refractivity contribution < 1.29 is 13.2 Å². The van der Waals surface area contributed by atoms with Crippen LogP contribution in [0.5, 0.6) is 0 Å². The van der Waals surface area contributed by atoms with Crippen LogP contribution in [0.1, 0.15) is 18.4 Å². The number of carbonyl (C=O) groups is 1. The summed E-state index contributed by atoms with van der Waals surface area (Å²) in [4.78, 5) is 16.6. The number of amides is 1. The van der Waals surface area contributed by atoms with E-state index in [2.05, 4.69) is 15.0 Å². The molecule has 1 aliphatic carbocycles. The molecule has 1 amide bonds. The number of hydrogen-bond donors (Lipinski definition) is 2. The summed E-state index contributed by atoms with van der Waals surface area (Å²) in [6.45, 7) is 1.89. The summed E-state index contributed by atoms with van der Waals surface area (Å²) in [5.41, 5.74) is 2.33. The minimum absolute atomic E-state index is 0.0401. The number of rotatable bonds is 5. The van der Waals surface area contributed by atoms with Crippen LogP contribution in [0.4, 0.5) is 10.8 Å². The zero-order valence-electron chi connectivity index (χ0n) is 14.0. The summed E-state index contributed by atoms with van der Waals surface area (Å²) in [6, 6.07) is 11.9. The number of aromatic nitrogens is 1. The Balaban J connectivity index is 1.63. The van der Waals surface area contributed by atoms with Gasteiger partial charge in [0.05, 0.1) is 15.1 Å². The van der Waals surface area contributed by atoms with E-state index in [1.807, 2.05) is 19.1 Å². The zero-order chi connectivity index (χ0) is 18.3. The summed E-state index contributed by atoms with van der Waals surface area (Å²) < 4.78 is 28.3. The molecule has 0 spiro atoms. The number of fused-ring (bicyclic) bond motifs is 1. The molecule has 3 aromatic rings. The Morgan fingerprint density at radius 1 is 1.19 bits per heavy atom. The van der Waals surface area contributed by atoms with E-state index in [4.69, 9.17) is 0 Å². The number of thiazole rings is 1. The topological polar surface area (TPSA) is 88.2 Å². The molecule has 26 heavy (non-hydrogen) atoms. The van der Waals surface area contributed by atoms with Gasteiger partial charge in [-0.3, -0.25) is 9.52 Å². The van der Waals surface area contributed by atoms with Gasteiger partial charge in [0.25, 0.3) is 10.0 Å². The average molecular weight is 387 g/mol. The Hall–Kier alpha value is -2.45. The van der Waals surface area contributed by atoms with Crippen LogP contribution in [0.15, 0.2) is 47.4 Å². The molecule has 1 saturated carbocycles. The molecule has 0 radical (unpaired) electrons. The first-order valence-electron chi connectivity index (χ1n) is 8.22. The number of hydrogen-bond acceptors (Lipinski definition) is 5. The third-order valence-corrected chi connectivity index (χ3v) is 6.58. The van der Waals surface area contributed by atoms with E-state index in [1.165, 1.54) is 23.5 Å². The molecule has 4 rings (SSSR count). The lowest BCUT2D eigenvalue weighted by atomic mass is 10.2. The number of carbonyl (C=O) groups excluding carboxylic acids is 1. The van der Waals surface area contributed by atoms with Crippen LogP contribution in [-0.2, 0) is 14.8 Å². The van der Waals surface area contributed by atoms with Gasteiger partial charge in [0.2, 0.25) is 5.91 Å². The van der Waals surface area contributed by atoms with Gasteiger partial charge in [-0.05, 0) is 49.6 Å². The number of nitrogens with zero attached hydrogens (tertiary/aromatic N) is 1. The van der Waals surface area contributed by atoms with Gasteiger partial charge in [-0.1, -0.05) is 29.5 Å². The monoisotopic (exact) mass is 387 g/mol. The Labute approximate surface area is 155 Å². The quantitative estimate of drug-likeness (QED) is 0.698. The van der Waals surface area contributed by atoms with Crippen molar-refractivity contribution in [2.45, 2.75) is 24.7 Å².